The van der Waals surface area contributed by atoms with E-state index in [4.69, 9.17) is 5.73 Å². The first-order valence-electron chi connectivity index (χ1n) is 12.2. The number of halogens is 1. The van der Waals surface area contributed by atoms with Crippen LogP contribution in [0.25, 0.3) is 16.6 Å². The number of β-amino-alcohol motifs (C(OH)–C–C–N with tert-alkyl or cyclic N) is 1. The number of hydrogen-bond donors (Lipinski definition) is 2. The Bertz CT molecular complexity index is 1480. The quantitative estimate of drug-likeness (QED) is 0.385. The molecular weight excluding hydrogens is 477 g/mol. The lowest BCUT2D eigenvalue weighted by Gasteiger charge is -2.44. The van der Waals surface area contributed by atoms with Gasteiger partial charge in [0, 0.05) is 38.0 Å². The van der Waals surface area contributed by atoms with Gasteiger partial charge in [-0.3, -0.25) is 4.79 Å². The second-order valence-corrected chi connectivity index (χ2v) is 10.1. The Morgan fingerprint density at radius 3 is 2.70 bits per heavy atom. The van der Waals surface area contributed by atoms with Gasteiger partial charge in [0.05, 0.1) is 23.5 Å². The average Bonchev–Trinajstić information content (AvgIpc) is 3.27. The number of amides is 1. The Hall–Kier alpha value is -3.93. The van der Waals surface area contributed by atoms with Crippen molar-refractivity contribution in [3.8, 4) is 0 Å². The molecule has 11 nitrogen and oxygen atoms in total. The van der Waals surface area contributed by atoms with Crippen LogP contribution in [0.5, 0.6) is 0 Å². The van der Waals surface area contributed by atoms with Gasteiger partial charge in [0.1, 0.15) is 17.3 Å². The Kier molecular flexibility index (Phi) is 6.14. The highest BCUT2D eigenvalue weighted by Gasteiger charge is 2.37. The molecule has 1 atom stereocenters. The van der Waals surface area contributed by atoms with Gasteiger partial charge in [-0.15, -0.1) is 5.10 Å². The van der Waals surface area contributed by atoms with E-state index in [-0.39, 0.29) is 29.4 Å². The van der Waals surface area contributed by atoms with Gasteiger partial charge in [-0.2, -0.15) is 4.52 Å². The smallest absolute Gasteiger partial charge is 0.274 e. The van der Waals surface area contributed by atoms with Crippen molar-refractivity contribution in [2.24, 2.45) is 0 Å². The average molecular weight is 508 g/mol. The van der Waals surface area contributed by atoms with Crippen molar-refractivity contribution in [1.29, 1.82) is 0 Å². The summed E-state index contributed by atoms with van der Waals surface area (Å²) < 4.78 is 15.5. The summed E-state index contributed by atoms with van der Waals surface area (Å²) in [6, 6.07) is 2.76. The van der Waals surface area contributed by atoms with E-state index < -0.39 is 5.60 Å². The van der Waals surface area contributed by atoms with Gasteiger partial charge >= 0.3 is 0 Å². The molecule has 3 aromatic heterocycles. The fourth-order valence-corrected chi connectivity index (χ4v) is 4.67. The lowest BCUT2D eigenvalue weighted by Crippen LogP contribution is -2.60. The second kappa shape index (κ2) is 9.18. The molecule has 4 heterocycles. The van der Waals surface area contributed by atoms with Crippen molar-refractivity contribution < 1.29 is 14.3 Å². The third kappa shape index (κ3) is 4.76. The summed E-state index contributed by atoms with van der Waals surface area (Å²) in [5, 5.41) is 14.9. The normalized spacial score (nSPS) is 15.7. The third-order valence-corrected chi connectivity index (χ3v) is 6.85. The molecule has 0 aliphatic carbocycles. The summed E-state index contributed by atoms with van der Waals surface area (Å²) in [7, 11) is 1.74. The van der Waals surface area contributed by atoms with Crippen LogP contribution < -0.4 is 10.6 Å². The number of nitrogens with zero attached hydrogens (tertiary/aromatic N) is 8. The number of aryl methyl sites for hydroxylation is 2. The van der Waals surface area contributed by atoms with Gasteiger partial charge in [0.2, 0.25) is 5.95 Å². The van der Waals surface area contributed by atoms with Crippen molar-refractivity contribution in [1.82, 2.24) is 34.4 Å². The first-order valence-corrected chi connectivity index (χ1v) is 12.2. The number of carbonyl (C=O) groups excluding carboxylic acids is 1. The minimum Gasteiger partial charge on any atom is -0.386 e. The molecule has 0 saturated carbocycles. The van der Waals surface area contributed by atoms with Crippen molar-refractivity contribution in [3.63, 3.8) is 0 Å². The van der Waals surface area contributed by atoms with E-state index in [2.05, 4.69) is 25.0 Å². The van der Waals surface area contributed by atoms with Crippen molar-refractivity contribution in [3.05, 3.63) is 47.4 Å². The zero-order chi connectivity index (χ0) is 26.5. The molecular formula is C25H30FN9O2. The van der Waals surface area contributed by atoms with Crippen LogP contribution in [0.1, 0.15) is 48.6 Å². The summed E-state index contributed by atoms with van der Waals surface area (Å²) in [5.41, 5.74) is 7.41. The fourth-order valence-electron chi connectivity index (χ4n) is 4.67. The molecule has 0 unspecified atom stereocenters. The predicted molar refractivity (Wildman–Crippen MR) is 137 cm³/mol. The minimum atomic E-state index is -0.709. The molecule has 1 fully saturated rings. The molecule has 3 N–H and O–H groups in total. The molecule has 0 radical (unpaired) electrons. The molecule has 1 aliphatic rings. The summed E-state index contributed by atoms with van der Waals surface area (Å²) in [6.45, 7) is 6.50. The van der Waals surface area contributed by atoms with Gasteiger partial charge < -0.3 is 20.6 Å². The molecule has 5 rings (SSSR count). The van der Waals surface area contributed by atoms with Crippen molar-refractivity contribution in [2.45, 2.75) is 51.7 Å². The van der Waals surface area contributed by atoms with E-state index in [9.17, 15) is 14.3 Å². The summed E-state index contributed by atoms with van der Waals surface area (Å²) >= 11 is 0. The van der Waals surface area contributed by atoms with Gasteiger partial charge in [-0.1, -0.05) is 0 Å². The predicted octanol–water partition coefficient (Wildman–Crippen LogP) is 2.15. The van der Waals surface area contributed by atoms with Gasteiger partial charge in [-0.05, 0) is 51.3 Å². The van der Waals surface area contributed by atoms with Crippen LogP contribution in [-0.4, -0.2) is 77.2 Å². The van der Waals surface area contributed by atoms with E-state index in [0.717, 1.165) is 6.42 Å². The number of aromatic nitrogens is 6. The highest BCUT2D eigenvalue weighted by atomic mass is 19.1. The largest absolute Gasteiger partial charge is 0.386 e. The number of nitrogens with two attached hydrogens (primary N) is 1. The van der Waals surface area contributed by atoms with Gasteiger partial charge in [-0.25, -0.2) is 24.3 Å². The minimum absolute atomic E-state index is 0.0548. The molecule has 1 amide bonds. The van der Waals surface area contributed by atoms with E-state index in [1.807, 2.05) is 11.8 Å². The summed E-state index contributed by atoms with van der Waals surface area (Å²) in [4.78, 5) is 34.1. The van der Waals surface area contributed by atoms with Crippen LogP contribution in [-0.2, 0) is 6.42 Å². The van der Waals surface area contributed by atoms with Crippen LogP contribution >= 0.6 is 0 Å². The fraction of sp³-hybridized carbons (Fsp3) is 0.440. The number of fused-ring (bicyclic) bond motifs is 3. The first kappa shape index (κ1) is 24.8. The summed E-state index contributed by atoms with van der Waals surface area (Å²) in [6.07, 6.45) is 5.05. The molecule has 194 valence electrons. The zero-order valence-corrected chi connectivity index (χ0v) is 21.3. The molecule has 1 saturated heterocycles. The number of nitrogen functional groups attached to an aromatic ring is 1. The van der Waals surface area contributed by atoms with Crippen LogP contribution in [0.15, 0.2) is 24.5 Å². The number of benzene rings is 1. The molecule has 37 heavy (non-hydrogen) atoms. The highest BCUT2D eigenvalue weighted by molar-refractivity contribution is 5.94. The Balaban J connectivity index is 1.21. The summed E-state index contributed by atoms with van der Waals surface area (Å²) in [5.74, 6) is 0.838. The van der Waals surface area contributed by atoms with Crippen LogP contribution in [0.3, 0.4) is 0 Å². The second-order valence-electron chi connectivity index (χ2n) is 10.1. The molecule has 1 aromatic carbocycles. The molecule has 4 aromatic rings. The monoisotopic (exact) mass is 507 g/mol. The molecule has 12 heteroatoms. The molecule has 1 aliphatic heterocycles. The first-order chi connectivity index (χ1) is 17.5. The maximum atomic E-state index is 14.0. The topological polar surface area (TPSA) is 139 Å². The Labute approximate surface area is 213 Å². The molecule has 0 bridgehead atoms. The van der Waals surface area contributed by atoms with E-state index >= 15 is 0 Å². The van der Waals surface area contributed by atoms with Crippen molar-refractivity contribution in [2.75, 3.05) is 30.8 Å². The Morgan fingerprint density at radius 1 is 1.27 bits per heavy atom. The number of hydrogen-bond acceptors (Lipinski definition) is 9. The SMILES string of the molecule is Cc1cc(F)cc2c1nc(N)n1nc(CCC[C@H](C)N(C)C(=O)c3cnc(N4CC(C)(O)C4)cn3)nc21. The lowest BCUT2D eigenvalue weighted by atomic mass is 9.97. The van der Waals surface area contributed by atoms with Gasteiger partial charge in [0.25, 0.3) is 5.91 Å². The van der Waals surface area contributed by atoms with Crippen LogP contribution in [0.2, 0.25) is 0 Å². The maximum Gasteiger partial charge on any atom is 0.274 e. The third-order valence-electron chi connectivity index (χ3n) is 6.85. The maximum absolute atomic E-state index is 14.0. The Morgan fingerprint density at radius 2 is 2.03 bits per heavy atom. The van der Waals surface area contributed by atoms with E-state index in [0.29, 0.717) is 59.7 Å². The van der Waals surface area contributed by atoms with Crippen LogP contribution in [0, 0.1) is 12.7 Å². The van der Waals surface area contributed by atoms with Gasteiger partial charge in [0.15, 0.2) is 11.5 Å². The number of carbonyl (C=O) groups is 1. The van der Waals surface area contributed by atoms with E-state index in [1.165, 1.54) is 22.8 Å². The molecule has 0 spiro atoms. The zero-order valence-electron chi connectivity index (χ0n) is 21.3. The van der Waals surface area contributed by atoms with Crippen molar-refractivity contribution >= 4 is 34.2 Å². The van der Waals surface area contributed by atoms with E-state index in [1.54, 1.807) is 32.0 Å². The van der Waals surface area contributed by atoms with Crippen LogP contribution in [0.4, 0.5) is 16.2 Å². The standard InChI is InChI=1S/C25H30FN9O2/c1-14-8-16(26)9-17-21(14)31-24(27)35-22(17)30-19(32-35)7-5-6-15(2)33(4)23(36)18-10-29-20(11-28-18)34-12-25(3,37)13-34/h8-11,15,37H,5-7,12-13H2,1-4H3,(H2,27,31)/t15-/m0/s1. The highest BCUT2D eigenvalue weighted by Crippen LogP contribution is 2.26. The number of rotatable bonds is 7. The lowest BCUT2D eigenvalue weighted by molar-refractivity contribution is 0.0304. The number of anilines is 2. The number of aliphatic hydroxyl groups is 1.